The first-order valence-electron chi connectivity index (χ1n) is 6.66. The van der Waals surface area contributed by atoms with E-state index in [2.05, 4.69) is 0 Å². The molecule has 0 aromatic heterocycles. The quantitative estimate of drug-likeness (QED) is 0.515. The van der Waals surface area contributed by atoms with E-state index in [0.717, 1.165) is 0 Å². The number of amides is 1. The van der Waals surface area contributed by atoms with E-state index in [1.807, 2.05) is 0 Å². The van der Waals surface area contributed by atoms with Crippen LogP contribution in [0.25, 0.3) is 12.2 Å². The van der Waals surface area contributed by atoms with E-state index in [9.17, 15) is 28.1 Å². The van der Waals surface area contributed by atoms with Gasteiger partial charge in [0.15, 0.2) is 0 Å². The number of halogens is 3. The molecule has 124 valence electrons. The van der Waals surface area contributed by atoms with Gasteiger partial charge in [0.2, 0.25) is 0 Å². The molecule has 0 aliphatic carbocycles. The Balaban J connectivity index is 2.11. The van der Waals surface area contributed by atoms with E-state index in [1.54, 1.807) is 35.7 Å². The number of alkyl halides is 3. The zero-order chi connectivity index (χ0) is 17.7. The lowest BCUT2D eigenvalue weighted by Crippen LogP contribution is -2.29. The molecule has 0 aliphatic heterocycles. The minimum atomic E-state index is -4.95. The number of carbonyl (C=O) groups excluding carboxylic acids is 1. The van der Waals surface area contributed by atoms with E-state index in [0.29, 0.717) is 11.1 Å². The van der Waals surface area contributed by atoms with Crippen molar-refractivity contribution in [3.8, 4) is 0 Å². The lowest BCUT2D eigenvalue weighted by molar-refractivity contribution is -0.384. The number of hydrogen-bond donors (Lipinski definition) is 1. The highest BCUT2D eigenvalue weighted by atomic mass is 19.4. The molecule has 0 heterocycles. The molecule has 1 amide bonds. The second kappa shape index (κ2) is 6.95. The Kier molecular flexibility index (Phi) is 4.98. The molecule has 0 saturated carbocycles. The van der Waals surface area contributed by atoms with Gasteiger partial charge in [0.1, 0.15) is 0 Å². The third-order valence-corrected chi connectivity index (χ3v) is 2.97. The largest absolute Gasteiger partial charge is 0.471 e. The lowest BCUT2D eigenvalue weighted by atomic mass is 10.1. The fourth-order valence-electron chi connectivity index (χ4n) is 1.82. The van der Waals surface area contributed by atoms with Crippen molar-refractivity contribution in [3.05, 3.63) is 69.8 Å². The Labute approximate surface area is 134 Å². The SMILES string of the molecule is O=C(Nc1cccc(/C=C/c2ccc([N+](=O)[O-])cc2)c1)C(F)(F)F. The lowest BCUT2D eigenvalue weighted by Gasteiger charge is -2.08. The van der Waals surface area contributed by atoms with Crippen LogP contribution in [0, 0.1) is 10.1 Å². The second-order valence-electron chi connectivity index (χ2n) is 4.76. The number of nitrogens with one attached hydrogen (secondary N) is 1. The average molecular weight is 336 g/mol. The average Bonchev–Trinajstić information content (AvgIpc) is 2.53. The summed E-state index contributed by atoms with van der Waals surface area (Å²) < 4.78 is 36.7. The van der Waals surface area contributed by atoms with Crippen LogP contribution in [-0.2, 0) is 4.79 Å². The summed E-state index contributed by atoms with van der Waals surface area (Å²) in [5.74, 6) is -2.04. The molecule has 0 aliphatic rings. The molecule has 5 nitrogen and oxygen atoms in total. The van der Waals surface area contributed by atoms with Gasteiger partial charge in [-0.05, 0) is 35.4 Å². The predicted octanol–water partition coefficient (Wildman–Crippen LogP) is 4.27. The van der Waals surface area contributed by atoms with Crippen LogP contribution in [-0.4, -0.2) is 17.0 Å². The number of benzene rings is 2. The van der Waals surface area contributed by atoms with Crippen LogP contribution >= 0.6 is 0 Å². The monoisotopic (exact) mass is 336 g/mol. The normalized spacial score (nSPS) is 11.5. The van der Waals surface area contributed by atoms with Crippen LogP contribution < -0.4 is 5.32 Å². The zero-order valence-electron chi connectivity index (χ0n) is 12.1. The number of anilines is 1. The summed E-state index contributed by atoms with van der Waals surface area (Å²) in [4.78, 5) is 20.9. The summed E-state index contributed by atoms with van der Waals surface area (Å²) in [6.07, 6.45) is -1.69. The first-order valence-corrected chi connectivity index (χ1v) is 6.66. The fourth-order valence-corrected chi connectivity index (χ4v) is 1.82. The van der Waals surface area contributed by atoms with E-state index in [4.69, 9.17) is 0 Å². The minimum absolute atomic E-state index is 0.0168. The maximum absolute atomic E-state index is 12.2. The number of carbonyl (C=O) groups is 1. The molecule has 0 unspecified atom stereocenters. The molecule has 0 fully saturated rings. The first kappa shape index (κ1) is 17.2. The molecule has 2 rings (SSSR count). The Hall–Kier alpha value is -3.16. The number of hydrogen-bond acceptors (Lipinski definition) is 3. The zero-order valence-corrected chi connectivity index (χ0v) is 12.1. The molecule has 0 bridgehead atoms. The van der Waals surface area contributed by atoms with Crippen LogP contribution in [0.3, 0.4) is 0 Å². The van der Waals surface area contributed by atoms with Gasteiger partial charge < -0.3 is 5.32 Å². The van der Waals surface area contributed by atoms with Crippen molar-refractivity contribution in [3.63, 3.8) is 0 Å². The Bertz CT molecular complexity index is 784. The van der Waals surface area contributed by atoms with Crippen LogP contribution in [0.1, 0.15) is 11.1 Å². The summed E-state index contributed by atoms with van der Waals surface area (Å²) in [7, 11) is 0. The molecule has 0 radical (unpaired) electrons. The molecular formula is C16H11F3N2O3. The van der Waals surface area contributed by atoms with Gasteiger partial charge in [-0.2, -0.15) is 13.2 Å². The van der Waals surface area contributed by atoms with Gasteiger partial charge in [-0.15, -0.1) is 0 Å². The number of non-ortho nitro benzene ring substituents is 1. The van der Waals surface area contributed by atoms with Crippen LogP contribution in [0.15, 0.2) is 48.5 Å². The molecule has 1 N–H and O–H groups in total. The van der Waals surface area contributed by atoms with Crippen molar-refractivity contribution < 1.29 is 22.9 Å². The highest BCUT2D eigenvalue weighted by Crippen LogP contribution is 2.20. The van der Waals surface area contributed by atoms with Crippen molar-refractivity contribution in [2.45, 2.75) is 6.18 Å². The Morgan fingerprint density at radius 1 is 1.04 bits per heavy atom. The van der Waals surface area contributed by atoms with E-state index >= 15 is 0 Å². The van der Waals surface area contributed by atoms with Gasteiger partial charge >= 0.3 is 12.1 Å². The molecular weight excluding hydrogens is 325 g/mol. The van der Waals surface area contributed by atoms with Crippen LogP contribution in [0.4, 0.5) is 24.5 Å². The molecule has 2 aromatic carbocycles. The number of nitrogens with zero attached hydrogens (tertiary/aromatic N) is 1. The second-order valence-corrected chi connectivity index (χ2v) is 4.76. The van der Waals surface area contributed by atoms with E-state index < -0.39 is 17.0 Å². The molecule has 2 aromatic rings. The third kappa shape index (κ3) is 4.67. The smallest absolute Gasteiger partial charge is 0.318 e. The van der Waals surface area contributed by atoms with Crippen LogP contribution in [0.5, 0.6) is 0 Å². The van der Waals surface area contributed by atoms with Gasteiger partial charge in [-0.3, -0.25) is 14.9 Å². The summed E-state index contributed by atoms with van der Waals surface area (Å²) >= 11 is 0. The van der Waals surface area contributed by atoms with Crippen molar-refractivity contribution in [2.75, 3.05) is 5.32 Å². The number of nitro benzene ring substituents is 1. The predicted molar refractivity (Wildman–Crippen MR) is 83.2 cm³/mol. The highest BCUT2D eigenvalue weighted by Gasteiger charge is 2.38. The van der Waals surface area contributed by atoms with Gasteiger partial charge in [0.05, 0.1) is 4.92 Å². The molecule has 0 spiro atoms. The number of rotatable bonds is 4. The molecule has 0 atom stereocenters. The van der Waals surface area contributed by atoms with Crippen molar-refractivity contribution in [1.82, 2.24) is 0 Å². The van der Waals surface area contributed by atoms with E-state index in [-0.39, 0.29) is 11.4 Å². The molecule has 8 heteroatoms. The standard InChI is InChI=1S/C16H11F3N2O3/c17-16(18,19)15(22)20-13-3-1-2-12(10-13)5-4-11-6-8-14(9-7-11)21(23)24/h1-10H,(H,20,22)/b5-4+. The highest BCUT2D eigenvalue weighted by molar-refractivity contribution is 5.95. The first-order chi connectivity index (χ1) is 11.3. The van der Waals surface area contributed by atoms with Crippen molar-refractivity contribution in [2.24, 2.45) is 0 Å². The summed E-state index contributed by atoms with van der Waals surface area (Å²) in [6, 6.07) is 11.7. The van der Waals surface area contributed by atoms with Crippen LogP contribution in [0.2, 0.25) is 0 Å². The van der Waals surface area contributed by atoms with Gasteiger partial charge in [-0.1, -0.05) is 24.3 Å². The Morgan fingerprint density at radius 2 is 1.67 bits per heavy atom. The maximum Gasteiger partial charge on any atom is 0.471 e. The molecule has 0 saturated heterocycles. The third-order valence-electron chi connectivity index (χ3n) is 2.97. The minimum Gasteiger partial charge on any atom is -0.318 e. The van der Waals surface area contributed by atoms with Crippen molar-refractivity contribution in [1.29, 1.82) is 0 Å². The fraction of sp³-hybridized carbons (Fsp3) is 0.0625. The summed E-state index contributed by atoms with van der Waals surface area (Å²) in [6.45, 7) is 0. The van der Waals surface area contributed by atoms with E-state index in [1.165, 1.54) is 30.3 Å². The topological polar surface area (TPSA) is 72.2 Å². The number of nitro groups is 1. The Morgan fingerprint density at radius 3 is 2.25 bits per heavy atom. The van der Waals surface area contributed by atoms with Gasteiger partial charge in [-0.25, -0.2) is 0 Å². The molecule has 24 heavy (non-hydrogen) atoms. The van der Waals surface area contributed by atoms with Gasteiger partial charge in [0.25, 0.3) is 5.69 Å². The van der Waals surface area contributed by atoms with Gasteiger partial charge in [0, 0.05) is 17.8 Å². The summed E-state index contributed by atoms with van der Waals surface area (Å²) in [5, 5.41) is 12.3. The summed E-state index contributed by atoms with van der Waals surface area (Å²) in [5.41, 5.74) is 1.23. The van der Waals surface area contributed by atoms with Crippen molar-refractivity contribution >= 4 is 29.4 Å². The maximum atomic E-state index is 12.2.